The number of carboxylic acid groups (broad SMARTS) is 1. The molecule has 4 nitrogen and oxygen atoms in total. The lowest BCUT2D eigenvalue weighted by Crippen LogP contribution is -2.23. The summed E-state index contributed by atoms with van der Waals surface area (Å²) in [7, 11) is 0. The van der Waals surface area contributed by atoms with Crippen LogP contribution in [-0.2, 0) is 6.54 Å². The van der Waals surface area contributed by atoms with Gasteiger partial charge < -0.3 is 5.11 Å². The molecule has 1 heterocycles. The first-order chi connectivity index (χ1) is 7.19. The molecule has 1 rings (SSSR count). The number of carboxylic acids is 1. The van der Waals surface area contributed by atoms with Gasteiger partial charge >= 0.3 is 5.97 Å². The zero-order valence-electron chi connectivity index (χ0n) is 9.10. The van der Waals surface area contributed by atoms with E-state index in [1.807, 2.05) is 0 Å². The minimum atomic E-state index is -0.889. The van der Waals surface area contributed by atoms with Gasteiger partial charge in [0.05, 0.1) is 5.56 Å². The summed E-state index contributed by atoms with van der Waals surface area (Å²) in [4.78, 5) is 17.0. The van der Waals surface area contributed by atoms with Crippen molar-refractivity contribution in [3.63, 3.8) is 0 Å². The second-order valence-electron chi connectivity index (χ2n) is 3.30. The van der Waals surface area contributed by atoms with E-state index in [1.165, 1.54) is 6.20 Å². The summed E-state index contributed by atoms with van der Waals surface area (Å²) in [5.41, 5.74) is 1.12. The minimum absolute atomic E-state index is 0.344. The molecule has 82 valence electrons. The maximum atomic E-state index is 10.9. The third-order valence-electron chi connectivity index (χ3n) is 2.42. The van der Waals surface area contributed by atoms with Crippen LogP contribution in [-0.4, -0.2) is 34.0 Å². The van der Waals surface area contributed by atoms with E-state index in [9.17, 15) is 4.79 Å². The summed E-state index contributed by atoms with van der Waals surface area (Å²) in [6, 6.07) is 1.54. The molecule has 0 fully saturated rings. The van der Waals surface area contributed by atoms with Crippen molar-refractivity contribution in [1.82, 2.24) is 9.88 Å². The number of aromatic carboxylic acids is 1. The van der Waals surface area contributed by atoms with Crippen LogP contribution < -0.4 is 0 Å². The maximum absolute atomic E-state index is 10.9. The van der Waals surface area contributed by atoms with Gasteiger partial charge in [-0.1, -0.05) is 13.8 Å². The highest BCUT2D eigenvalue weighted by Gasteiger charge is 2.11. The van der Waals surface area contributed by atoms with Gasteiger partial charge in [0, 0.05) is 18.9 Å². The van der Waals surface area contributed by atoms with Crippen LogP contribution in [0.5, 0.6) is 0 Å². The van der Waals surface area contributed by atoms with Gasteiger partial charge in [0.25, 0.3) is 0 Å². The fourth-order valence-corrected chi connectivity index (χ4v) is 1.45. The van der Waals surface area contributed by atoms with Gasteiger partial charge in [0.2, 0.25) is 0 Å². The van der Waals surface area contributed by atoms with Crippen LogP contribution >= 0.6 is 0 Å². The molecule has 0 aliphatic heterocycles. The van der Waals surface area contributed by atoms with E-state index in [0.717, 1.165) is 18.7 Å². The zero-order valence-corrected chi connectivity index (χ0v) is 9.10. The Morgan fingerprint density at radius 3 is 2.67 bits per heavy atom. The molecule has 0 spiro atoms. The number of aromatic nitrogens is 1. The number of pyridine rings is 1. The first kappa shape index (κ1) is 11.7. The van der Waals surface area contributed by atoms with Crippen molar-refractivity contribution >= 4 is 5.97 Å². The summed E-state index contributed by atoms with van der Waals surface area (Å²) in [5.74, 6) is -0.889. The van der Waals surface area contributed by atoms with E-state index >= 15 is 0 Å². The number of hydrogen-bond acceptors (Lipinski definition) is 3. The highest BCUT2D eigenvalue weighted by molar-refractivity contribution is 5.89. The highest BCUT2D eigenvalue weighted by atomic mass is 16.4. The lowest BCUT2D eigenvalue weighted by molar-refractivity contribution is 0.0694. The fourth-order valence-electron chi connectivity index (χ4n) is 1.45. The molecule has 4 heteroatoms. The largest absolute Gasteiger partial charge is 0.478 e. The van der Waals surface area contributed by atoms with Crippen molar-refractivity contribution in [2.45, 2.75) is 20.4 Å². The third-order valence-corrected chi connectivity index (χ3v) is 2.42. The van der Waals surface area contributed by atoms with E-state index in [2.05, 4.69) is 23.7 Å². The molecule has 0 aromatic carbocycles. The molecular formula is C11H16N2O2. The van der Waals surface area contributed by atoms with E-state index in [-0.39, 0.29) is 0 Å². The zero-order chi connectivity index (χ0) is 11.3. The third kappa shape index (κ3) is 3.02. The summed E-state index contributed by atoms with van der Waals surface area (Å²) in [6.45, 7) is 6.57. The second-order valence-corrected chi connectivity index (χ2v) is 3.30. The Morgan fingerprint density at radius 2 is 2.13 bits per heavy atom. The lowest BCUT2D eigenvalue weighted by Gasteiger charge is -2.18. The highest BCUT2D eigenvalue weighted by Crippen LogP contribution is 2.09. The molecule has 0 bridgehead atoms. The molecule has 0 saturated carbocycles. The van der Waals surface area contributed by atoms with Gasteiger partial charge in [0.1, 0.15) is 0 Å². The van der Waals surface area contributed by atoms with Crippen molar-refractivity contribution in [3.8, 4) is 0 Å². The number of carbonyl (C=O) groups is 1. The Labute approximate surface area is 89.6 Å². The van der Waals surface area contributed by atoms with Gasteiger partial charge in [-0.3, -0.25) is 9.88 Å². The van der Waals surface area contributed by atoms with Crippen LogP contribution in [0.2, 0.25) is 0 Å². The van der Waals surface area contributed by atoms with Crippen molar-refractivity contribution in [2.24, 2.45) is 0 Å². The summed E-state index contributed by atoms with van der Waals surface area (Å²) in [6.07, 6.45) is 3.14. The second kappa shape index (κ2) is 5.46. The van der Waals surface area contributed by atoms with Crippen molar-refractivity contribution < 1.29 is 9.90 Å². The molecule has 15 heavy (non-hydrogen) atoms. The van der Waals surface area contributed by atoms with Crippen LogP contribution in [0.4, 0.5) is 0 Å². The quantitative estimate of drug-likeness (QED) is 0.799. The monoisotopic (exact) mass is 208 g/mol. The number of hydrogen-bond donors (Lipinski definition) is 1. The summed E-state index contributed by atoms with van der Waals surface area (Å²) in [5, 5.41) is 8.98. The predicted octanol–water partition coefficient (Wildman–Crippen LogP) is 1.62. The van der Waals surface area contributed by atoms with Gasteiger partial charge in [-0.15, -0.1) is 0 Å². The fraction of sp³-hybridized carbons (Fsp3) is 0.455. The first-order valence-electron chi connectivity index (χ1n) is 5.07. The van der Waals surface area contributed by atoms with Crippen molar-refractivity contribution in [2.75, 3.05) is 13.1 Å². The summed E-state index contributed by atoms with van der Waals surface area (Å²) >= 11 is 0. The van der Waals surface area contributed by atoms with Gasteiger partial charge in [-0.25, -0.2) is 4.79 Å². The van der Waals surface area contributed by atoms with Crippen LogP contribution in [0.3, 0.4) is 0 Å². The van der Waals surface area contributed by atoms with E-state index in [1.54, 1.807) is 12.3 Å². The molecule has 0 saturated heterocycles. The molecular weight excluding hydrogens is 192 g/mol. The Balaban J connectivity index is 2.88. The Kier molecular flexibility index (Phi) is 4.24. The Morgan fingerprint density at radius 1 is 1.47 bits per heavy atom. The van der Waals surface area contributed by atoms with Crippen molar-refractivity contribution in [3.05, 3.63) is 29.6 Å². The molecule has 0 radical (unpaired) electrons. The first-order valence-corrected chi connectivity index (χ1v) is 5.07. The SMILES string of the molecule is CCN(CC)Cc1cnccc1C(=O)O. The molecule has 1 aromatic rings. The maximum Gasteiger partial charge on any atom is 0.336 e. The van der Waals surface area contributed by atoms with Crippen LogP contribution in [0.15, 0.2) is 18.5 Å². The van der Waals surface area contributed by atoms with E-state index in [0.29, 0.717) is 12.1 Å². The van der Waals surface area contributed by atoms with Gasteiger partial charge in [0.15, 0.2) is 0 Å². The average Bonchev–Trinajstić information content (AvgIpc) is 2.26. The molecule has 0 amide bonds. The number of rotatable bonds is 5. The number of nitrogens with zero attached hydrogens (tertiary/aromatic N) is 2. The van der Waals surface area contributed by atoms with Gasteiger partial charge in [-0.05, 0) is 24.7 Å². The topological polar surface area (TPSA) is 53.4 Å². The van der Waals surface area contributed by atoms with E-state index < -0.39 is 5.97 Å². The molecule has 1 N–H and O–H groups in total. The van der Waals surface area contributed by atoms with Gasteiger partial charge in [-0.2, -0.15) is 0 Å². The van der Waals surface area contributed by atoms with Crippen LogP contribution in [0.1, 0.15) is 29.8 Å². The Hall–Kier alpha value is -1.42. The smallest absolute Gasteiger partial charge is 0.336 e. The molecule has 0 aliphatic carbocycles. The predicted molar refractivity (Wildman–Crippen MR) is 57.8 cm³/mol. The van der Waals surface area contributed by atoms with Crippen molar-refractivity contribution in [1.29, 1.82) is 0 Å². The minimum Gasteiger partial charge on any atom is -0.478 e. The Bertz CT molecular complexity index is 335. The normalized spacial score (nSPS) is 10.6. The average molecular weight is 208 g/mol. The molecule has 0 aliphatic rings. The van der Waals surface area contributed by atoms with Crippen LogP contribution in [0.25, 0.3) is 0 Å². The van der Waals surface area contributed by atoms with Crippen LogP contribution in [0, 0.1) is 0 Å². The standard InChI is InChI=1S/C11H16N2O2/c1-3-13(4-2)8-9-7-12-6-5-10(9)11(14)15/h5-7H,3-4,8H2,1-2H3,(H,14,15). The lowest BCUT2D eigenvalue weighted by atomic mass is 10.1. The summed E-state index contributed by atoms with van der Waals surface area (Å²) < 4.78 is 0. The molecule has 0 unspecified atom stereocenters. The molecule has 0 atom stereocenters. The molecule has 1 aromatic heterocycles. The van der Waals surface area contributed by atoms with E-state index in [4.69, 9.17) is 5.11 Å².